The maximum absolute atomic E-state index is 12.1. The molecule has 1 fully saturated rings. The molecule has 1 amide bonds. The van der Waals surface area contributed by atoms with E-state index in [0.717, 1.165) is 13.0 Å². The van der Waals surface area contributed by atoms with E-state index in [1.54, 1.807) is 0 Å². The standard InChI is InChI=1S/C13H27N3O/c1-12(2,3)16-10(6-8-14)11(17)15-9-7-13(16,4)5/h10H,6-9,14H2,1-5H3,(H,15,17). The molecule has 1 atom stereocenters. The molecule has 0 aromatic heterocycles. The smallest absolute Gasteiger partial charge is 0.237 e. The number of nitrogens with zero attached hydrogens (tertiary/aromatic N) is 1. The van der Waals surface area contributed by atoms with Crippen LogP contribution in [0.3, 0.4) is 0 Å². The van der Waals surface area contributed by atoms with Crippen LogP contribution in [0, 0.1) is 0 Å². The Morgan fingerprint density at radius 2 is 2.06 bits per heavy atom. The van der Waals surface area contributed by atoms with E-state index in [-0.39, 0.29) is 23.0 Å². The number of hydrogen-bond donors (Lipinski definition) is 2. The van der Waals surface area contributed by atoms with Gasteiger partial charge in [0.2, 0.25) is 5.91 Å². The summed E-state index contributed by atoms with van der Waals surface area (Å²) in [6.07, 6.45) is 1.68. The lowest BCUT2D eigenvalue weighted by Crippen LogP contribution is -2.60. The lowest BCUT2D eigenvalue weighted by Gasteiger charge is -2.49. The minimum atomic E-state index is -0.113. The second-order valence-electron chi connectivity index (χ2n) is 6.49. The van der Waals surface area contributed by atoms with E-state index < -0.39 is 0 Å². The third-order valence-electron chi connectivity index (χ3n) is 3.47. The maximum Gasteiger partial charge on any atom is 0.237 e. The lowest BCUT2D eigenvalue weighted by atomic mass is 9.89. The Kier molecular flexibility index (Phi) is 4.20. The zero-order valence-electron chi connectivity index (χ0n) is 11.8. The summed E-state index contributed by atoms with van der Waals surface area (Å²) in [4.78, 5) is 14.5. The summed E-state index contributed by atoms with van der Waals surface area (Å²) in [5, 5.41) is 3.00. The van der Waals surface area contributed by atoms with Gasteiger partial charge in [-0.3, -0.25) is 9.69 Å². The summed E-state index contributed by atoms with van der Waals surface area (Å²) in [7, 11) is 0. The second kappa shape index (κ2) is 4.94. The molecule has 0 aliphatic carbocycles. The van der Waals surface area contributed by atoms with Crippen LogP contribution in [-0.4, -0.2) is 41.0 Å². The van der Waals surface area contributed by atoms with Crippen LogP contribution in [0.4, 0.5) is 0 Å². The number of hydrogen-bond acceptors (Lipinski definition) is 3. The molecular weight excluding hydrogens is 214 g/mol. The molecule has 1 aliphatic rings. The van der Waals surface area contributed by atoms with Crippen molar-refractivity contribution in [2.75, 3.05) is 13.1 Å². The highest BCUT2D eigenvalue weighted by Gasteiger charge is 2.43. The van der Waals surface area contributed by atoms with Crippen molar-refractivity contribution in [2.24, 2.45) is 5.73 Å². The van der Waals surface area contributed by atoms with Gasteiger partial charge in [0, 0.05) is 17.6 Å². The molecular formula is C13H27N3O. The molecule has 0 saturated carbocycles. The summed E-state index contributed by atoms with van der Waals surface area (Å²) < 4.78 is 0. The van der Waals surface area contributed by atoms with Crippen LogP contribution >= 0.6 is 0 Å². The fourth-order valence-electron chi connectivity index (χ4n) is 3.06. The van der Waals surface area contributed by atoms with E-state index in [9.17, 15) is 4.79 Å². The van der Waals surface area contributed by atoms with Gasteiger partial charge < -0.3 is 11.1 Å². The van der Waals surface area contributed by atoms with Gasteiger partial charge in [-0.2, -0.15) is 0 Å². The summed E-state index contributed by atoms with van der Waals surface area (Å²) in [6, 6.07) is -0.113. The Labute approximate surface area is 105 Å². The first-order valence-corrected chi connectivity index (χ1v) is 6.47. The fraction of sp³-hybridized carbons (Fsp3) is 0.923. The fourth-order valence-corrected chi connectivity index (χ4v) is 3.06. The van der Waals surface area contributed by atoms with Crippen LogP contribution in [0.2, 0.25) is 0 Å². The van der Waals surface area contributed by atoms with Gasteiger partial charge in [-0.1, -0.05) is 0 Å². The molecule has 0 aromatic rings. The van der Waals surface area contributed by atoms with Crippen LogP contribution in [0.5, 0.6) is 0 Å². The van der Waals surface area contributed by atoms with Crippen LogP contribution < -0.4 is 11.1 Å². The number of nitrogens with one attached hydrogen (secondary N) is 1. The normalized spacial score (nSPS) is 26.5. The monoisotopic (exact) mass is 241 g/mol. The molecule has 1 saturated heterocycles. The Morgan fingerprint density at radius 1 is 1.47 bits per heavy atom. The van der Waals surface area contributed by atoms with Crippen molar-refractivity contribution in [3.05, 3.63) is 0 Å². The maximum atomic E-state index is 12.1. The van der Waals surface area contributed by atoms with Gasteiger partial charge in [0.1, 0.15) is 0 Å². The minimum Gasteiger partial charge on any atom is -0.355 e. The van der Waals surface area contributed by atoms with Gasteiger partial charge in [-0.15, -0.1) is 0 Å². The van der Waals surface area contributed by atoms with Crippen molar-refractivity contribution in [1.29, 1.82) is 0 Å². The molecule has 0 spiro atoms. The van der Waals surface area contributed by atoms with Crippen molar-refractivity contribution in [3.8, 4) is 0 Å². The minimum absolute atomic E-state index is 0.0112. The Bertz CT molecular complexity index is 281. The number of amides is 1. The molecule has 4 heteroatoms. The largest absolute Gasteiger partial charge is 0.355 e. The van der Waals surface area contributed by atoms with Crippen molar-refractivity contribution >= 4 is 5.91 Å². The van der Waals surface area contributed by atoms with Crippen molar-refractivity contribution in [3.63, 3.8) is 0 Å². The molecule has 0 aromatic carbocycles. The second-order valence-corrected chi connectivity index (χ2v) is 6.49. The molecule has 1 rings (SSSR count). The van der Waals surface area contributed by atoms with Crippen LogP contribution in [0.1, 0.15) is 47.5 Å². The highest BCUT2D eigenvalue weighted by Crippen LogP contribution is 2.32. The van der Waals surface area contributed by atoms with Crippen LogP contribution in [0.25, 0.3) is 0 Å². The van der Waals surface area contributed by atoms with Gasteiger partial charge in [-0.05, 0) is 54.0 Å². The Morgan fingerprint density at radius 3 is 2.53 bits per heavy atom. The average Bonchev–Trinajstić information content (AvgIpc) is 2.23. The topological polar surface area (TPSA) is 58.4 Å². The molecule has 1 heterocycles. The van der Waals surface area contributed by atoms with Crippen molar-refractivity contribution in [2.45, 2.75) is 64.6 Å². The molecule has 1 unspecified atom stereocenters. The van der Waals surface area contributed by atoms with Crippen LogP contribution in [0.15, 0.2) is 0 Å². The predicted octanol–water partition coefficient (Wildman–Crippen LogP) is 1.10. The molecule has 0 radical (unpaired) electrons. The number of carbonyl (C=O) groups excluding carboxylic acids is 1. The quantitative estimate of drug-likeness (QED) is 0.761. The van der Waals surface area contributed by atoms with E-state index in [1.807, 2.05) is 0 Å². The molecule has 3 N–H and O–H groups in total. The van der Waals surface area contributed by atoms with Gasteiger partial charge in [0.15, 0.2) is 0 Å². The summed E-state index contributed by atoms with van der Waals surface area (Å²) >= 11 is 0. The SMILES string of the molecule is CC(C)(C)N1C(CCN)C(=O)NCCC1(C)C. The first-order valence-electron chi connectivity index (χ1n) is 6.47. The van der Waals surface area contributed by atoms with E-state index in [0.29, 0.717) is 13.0 Å². The first-order chi connectivity index (χ1) is 7.70. The summed E-state index contributed by atoms with van der Waals surface area (Å²) in [5.41, 5.74) is 5.63. The van der Waals surface area contributed by atoms with Crippen molar-refractivity contribution in [1.82, 2.24) is 10.2 Å². The summed E-state index contributed by atoms with van der Waals surface area (Å²) in [6.45, 7) is 12.2. The Balaban J connectivity index is 3.11. The first kappa shape index (κ1) is 14.5. The highest BCUT2D eigenvalue weighted by molar-refractivity contribution is 5.82. The van der Waals surface area contributed by atoms with Gasteiger partial charge in [0.05, 0.1) is 6.04 Å². The lowest BCUT2D eigenvalue weighted by molar-refractivity contribution is -0.130. The molecule has 1 aliphatic heterocycles. The number of carbonyl (C=O) groups is 1. The van der Waals surface area contributed by atoms with E-state index in [1.165, 1.54) is 0 Å². The molecule has 4 nitrogen and oxygen atoms in total. The van der Waals surface area contributed by atoms with Crippen LogP contribution in [-0.2, 0) is 4.79 Å². The zero-order chi connectivity index (χ0) is 13.3. The van der Waals surface area contributed by atoms with Gasteiger partial charge in [0.25, 0.3) is 0 Å². The van der Waals surface area contributed by atoms with E-state index in [2.05, 4.69) is 44.8 Å². The average molecular weight is 241 g/mol. The number of rotatable bonds is 2. The highest BCUT2D eigenvalue weighted by atomic mass is 16.2. The Hall–Kier alpha value is -0.610. The predicted molar refractivity (Wildman–Crippen MR) is 70.8 cm³/mol. The number of nitrogens with two attached hydrogens (primary N) is 1. The third kappa shape index (κ3) is 3.19. The summed E-state index contributed by atoms with van der Waals surface area (Å²) in [5.74, 6) is 0.121. The molecule has 17 heavy (non-hydrogen) atoms. The van der Waals surface area contributed by atoms with E-state index in [4.69, 9.17) is 5.73 Å². The van der Waals surface area contributed by atoms with Gasteiger partial charge >= 0.3 is 0 Å². The van der Waals surface area contributed by atoms with Crippen molar-refractivity contribution < 1.29 is 4.79 Å². The molecule has 100 valence electrons. The third-order valence-corrected chi connectivity index (χ3v) is 3.47. The van der Waals surface area contributed by atoms with Gasteiger partial charge in [-0.25, -0.2) is 0 Å². The van der Waals surface area contributed by atoms with E-state index >= 15 is 0 Å². The zero-order valence-corrected chi connectivity index (χ0v) is 11.8. The molecule has 0 bridgehead atoms.